The van der Waals surface area contributed by atoms with E-state index in [2.05, 4.69) is 11.2 Å². The van der Waals surface area contributed by atoms with Gasteiger partial charge >= 0.3 is 11.9 Å². The van der Waals surface area contributed by atoms with Crippen LogP contribution in [0.15, 0.2) is 53.9 Å². The molecule has 0 spiro atoms. The molecule has 0 saturated carbocycles. The number of rotatable bonds is 10. The van der Waals surface area contributed by atoms with E-state index >= 15 is 0 Å². The molecule has 0 aromatic carbocycles. The topological polar surface area (TPSA) is 104 Å². The van der Waals surface area contributed by atoms with Crippen molar-refractivity contribution in [3.63, 3.8) is 0 Å². The highest BCUT2D eigenvalue weighted by molar-refractivity contribution is 7.30. The zero-order chi connectivity index (χ0) is 27.5. The van der Waals surface area contributed by atoms with E-state index in [9.17, 15) is 24.6 Å². The third-order valence-corrected chi connectivity index (χ3v) is 11.7. The van der Waals surface area contributed by atoms with Crippen LogP contribution < -0.4 is 5.32 Å². The van der Waals surface area contributed by atoms with Gasteiger partial charge in [-0.3, -0.25) is 14.4 Å². The molecule has 0 radical (unpaired) electrons. The van der Waals surface area contributed by atoms with Gasteiger partial charge in [-0.15, -0.1) is 63.1 Å². The van der Waals surface area contributed by atoms with Crippen molar-refractivity contribution in [2.45, 2.75) is 12.8 Å². The molecule has 0 saturated heterocycles. The lowest BCUT2D eigenvalue weighted by atomic mass is 10.1. The fraction of sp³-hybridized carbons (Fsp3) is 0.107. The highest BCUT2D eigenvalue weighted by atomic mass is 32.1. The van der Waals surface area contributed by atoms with E-state index in [1.807, 2.05) is 47.8 Å². The third-order valence-electron chi connectivity index (χ3n) is 5.54. The SMILES string of the molecule is C#CCNC(=O)c1ccc(-c2cc(CC(=O)O)c(-c3ccc(-c4sc(-c5cccs5)cc4CC(=O)O)s3)s2)s1. The van der Waals surface area contributed by atoms with Crippen LogP contribution in [0.3, 0.4) is 0 Å². The number of carboxylic acids is 2. The van der Waals surface area contributed by atoms with Gasteiger partial charge in [0.05, 0.1) is 24.3 Å². The summed E-state index contributed by atoms with van der Waals surface area (Å²) in [6.45, 7) is 0.145. The first-order valence-electron chi connectivity index (χ1n) is 11.5. The van der Waals surface area contributed by atoms with Crippen molar-refractivity contribution in [3.05, 3.63) is 69.9 Å². The summed E-state index contributed by atoms with van der Waals surface area (Å²) in [5.41, 5.74) is 1.45. The molecule has 3 N–H and O–H groups in total. The van der Waals surface area contributed by atoms with Gasteiger partial charge in [-0.05, 0) is 59.0 Å². The van der Waals surface area contributed by atoms with Crippen LogP contribution in [-0.4, -0.2) is 34.6 Å². The zero-order valence-corrected chi connectivity index (χ0v) is 24.1. The summed E-state index contributed by atoms with van der Waals surface area (Å²) >= 11 is 7.50. The molecule has 0 unspecified atom stereocenters. The smallest absolute Gasteiger partial charge is 0.307 e. The van der Waals surface area contributed by atoms with Gasteiger partial charge in [0, 0.05) is 39.0 Å². The Balaban J connectivity index is 1.50. The summed E-state index contributed by atoms with van der Waals surface area (Å²) in [5, 5.41) is 23.7. The molecule has 196 valence electrons. The molecular weight excluding hydrogens is 591 g/mol. The summed E-state index contributed by atoms with van der Waals surface area (Å²) in [5.74, 6) is 0.315. The molecule has 1 amide bonds. The predicted molar refractivity (Wildman–Crippen MR) is 161 cm³/mol. The van der Waals surface area contributed by atoms with E-state index in [0.29, 0.717) is 10.4 Å². The Kier molecular flexibility index (Phi) is 8.11. The highest BCUT2D eigenvalue weighted by Gasteiger charge is 2.21. The molecule has 5 heterocycles. The molecule has 0 aliphatic carbocycles. The molecule has 0 atom stereocenters. The fourth-order valence-electron chi connectivity index (χ4n) is 3.92. The lowest BCUT2D eigenvalue weighted by Crippen LogP contribution is -2.22. The van der Waals surface area contributed by atoms with Crippen molar-refractivity contribution in [2.24, 2.45) is 0 Å². The highest BCUT2D eigenvalue weighted by Crippen LogP contribution is 2.47. The number of amides is 1. The van der Waals surface area contributed by atoms with Crippen LogP contribution in [0, 0.1) is 12.3 Å². The summed E-state index contributed by atoms with van der Waals surface area (Å²) in [6.07, 6.45) is 5.02. The lowest BCUT2D eigenvalue weighted by molar-refractivity contribution is -0.137. The standard InChI is InChI=1S/C28H19NO5S5/c1-2-9-29-28(34)21-8-5-18(36-21)23-12-16(14-25(32)33)27(39-23)20-7-6-19(37-20)26-15(13-24(30)31)11-22(38-26)17-4-3-10-35-17/h1,3-8,10-12H,9,13-14H2,(H,29,34)(H,30,31)(H,32,33). The molecule has 0 aliphatic heterocycles. The number of carboxylic acid groups (broad SMARTS) is 2. The number of carbonyl (C=O) groups is 3. The van der Waals surface area contributed by atoms with Crippen LogP contribution in [0.1, 0.15) is 20.8 Å². The van der Waals surface area contributed by atoms with Crippen molar-refractivity contribution >= 4 is 74.5 Å². The quantitative estimate of drug-likeness (QED) is 0.144. The number of aliphatic carboxylic acids is 2. The average molecular weight is 610 g/mol. The van der Waals surface area contributed by atoms with Gasteiger partial charge in [-0.25, -0.2) is 0 Å². The Morgan fingerprint density at radius 3 is 1.87 bits per heavy atom. The minimum atomic E-state index is -0.930. The first-order valence-corrected chi connectivity index (χ1v) is 15.6. The third kappa shape index (κ3) is 6.06. The van der Waals surface area contributed by atoms with Crippen LogP contribution in [0.4, 0.5) is 0 Å². The Hall–Kier alpha value is -3.53. The summed E-state index contributed by atoms with van der Waals surface area (Å²) < 4.78 is 0. The maximum atomic E-state index is 12.3. The van der Waals surface area contributed by atoms with Gasteiger partial charge < -0.3 is 15.5 Å². The summed E-state index contributed by atoms with van der Waals surface area (Å²) in [7, 11) is 0. The van der Waals surface area contributed by atoms with Crippen molar-refractivity contribution < 1.29 is 24.6 Å². The molecule has 5 rings (SSSR count). The molecule has 6 nitrogen and oxygen atoms in total. The second-order valence-electron chi connectivity index (χ2n) is 8.26. The van der Waals surface area contributed by atoms with Crippen LogP contribution in [0.5, 0.6) is 0 Å². The van der Waals surface area contributed by atoms with Crippen molar-refractivity contribution in [3.8, 4) is 51.4 Å². The van der Waals surface area contributed by atoms with Gasteiger partial charge in [0.15, 0.2) is 0 Å². The van der Waals surface area contributed by atoms with E-state index in [1.54, 1.807) is 28.7 Å². The van der Waals surface area contributed by atoms with Gasteiger partial charge in [0.1, 0.15) is 0 Å². The number of thiophene rings is 5. The zero-order valence-electron chi connectivity index (χ0n) is 20.1. The Morgan fingerprint density at radius 2 is 1.33 bits per heavy atom. The lowest BCUT2D eigenvalue weighted by Gasteiger charge is -1.99. The molecule has 0 bridgehead atoms. The molecular formula is C28H19NO5S5. The number of hydrogen-bond acceptors (Lipinski definition) is 8. The molecule has 5 aromatic rings. The van der Waals surface area contributed by atoms with E-state index in [0.717, 1.165) is 44.6 Å². The Labute approximate surface area is 243 Å². The summed E-state index contributed by atoms with van der Waals surface area (Å²) in [6, 6.07) is 15.3. The molecule has 0 aliphatic rings. The van der Waals surface area contributed by atoms with E-state index in [1.165, 1.54) is 34.0 Å². The monoisotopic (exact) mass is 609 g/mol. The van der Waals surface area contributed by atoms with Crippen LogP contribution in [0.2, 0.25) is 0 Å². The van der Waals surface area contributed by atoms with E-state index in [-0.39, 0.29) is 25.3 Å². The van der Waals surface area contributed by atoms with Crippen LogP contribution >= 0.6 is 56.7 Å². The molecule has 39 heavy (non-hydrogen) atoms. The molecule has 0 fully saturated rings. The number of nitrogens with one attached hydrogen (secondary N) is 1. The minimum Gasteiger partial charge on any atom is -0.481 e. The molecule has 5 aromatic heterocycles. The number of terminal acetylenes is 1. The minimum absolute atomic E-state index is 0.0759. The number of carbonyl (C=O) groups excluding carboxylic acids is 1. The maximum Gasteiger partial charge on any atom is 0.307 e. The second-order valence-corrected chi connectivity index (χ2v) is 13.5. The first kappa shape index (κ1) is 27.1. The fourth-order valence-corrected chi connectivity index (χ4v) is 9.40. The first-order chi connectivity index (χ1) is 18.8. The molecule has 11 heteroatoms. The van der Waals surface area contributed by atoms with Crippen molar-refractivity contribution in [1.29, 1.82) is 0 Å². The largest absolute Gasteiger partial charge is 0.481 e. The normalized spacial score (nSPS) is 10.8. The van der Waals surface area contributed by atoms with Gasteiger partial charge in [-0.2, -0.15) is 0 Å². The second kappa shape index (κ2) is 11.7. The predicted octanol–water partition coefficient (Wildman–Crippen LogP) is 7.28. The van der Waals surface area contributed by atoms with E-state index in [4.69, 9.17) is 6.42 Å². The Bertz CT molecular complexity index is 1710. The van der Waals surface area contributed by atoms with Crippen molar-refractivity contribution in [1.82, 2.24) is 5.32 Å². The summed E-state index contributed by atoms with van der Waals surface area (Å²) in [4.78, 5) is 43.5. The number of hydrogen-bond donors (Lipinski definition) is 3. The van der Waals surface area contributed by atoms with Gasteiger partial charge in [-0.1, -0.05) is 12.0 Å². The maximum absolute atomic E-state index is 12.3. The average Bonchev–Trinajstić information content (AvgIpc) is 3.69. The van der Waals surface area contributed by atoms with Gasteiger partial charge in [0.2, 0.25) is 0 Å². The van der Waals surface area contributed by atoms with Crippen molar-refractivity contribution in [2.75, 3.05) is 6.54 Å². The van der Waals surface area contributed by atoms with Gasteiger partial charge in [0.25, 0.3) is 5.91 Å². The van der Waals surface area contributed by atoms with E-state index < -0.39 is 11.9 Å². The Morgan fingerprint density at radius 1 is 0.744 bits per heavy atom. The van der Waals surface area contributed by atoms with Crippen LogP contribution in [0.25, 0.3) is 39.0 Å². The van der Waals surface area contributed by atoms with Crippen LogP contribution in [-0.2, 0) is 22.4 Å².